The molecule has 1 aromatic heterocycles. The molecule has 1 rings (SSSR count). The number of nitrogens with zero attached hydrogens (tertiary/aromatic N) is 2. The van der Waals surface area contributed by atoms with Gasteiger partial charge in [0.05, 0.1) is 17.3 Å². The van der Waals surface area contributed by atoms with Crippen LogP contribution in [-0.4, -0.2) is 28.7 Å². The van der Waals surface area contributed by atoms with Gasteiger partial charge in [-0.15, -0.1) is 0 Å². The third-order valence-electron chi connectivity index (χ3n) is 2.29. The van der Waals surface area contributed by atoms with Crippen LogP contribution in [0.3, 0.4) is 0 Å². The number of aromatic nitrogens is 2. The molecule has 1 atom stereocenters. The molecule has 1 heterocycles. The average molecular weight is 230 g/mol. The first kappa shape index (κ1) is 12.2. The lowest BCUT2D eigenvalue weighted by atomic mass is 10.1. The second kappa shape index (κ2) is 5.28. The molecule has 1 unspecified atom stereocenters. The molecule has 4 nitrogen and oxygen atoms in total. The van der Waals surface area contributed by atoms with Crippen LogP contribution in [0.15, 0.2) is 6.20 Å². The van der Waals surface area contributed by atoms with Crippen LogP contribution in [0.1, 0.15) is 30.8 Å². The van der Waals surface area contributed by atoms with Gasteiger partial charge in [0.25, 0.3) is 0 Å². The van der Waals surface area contributed by atoms with Gasteiger partial charge in [-0.05, 0) is 20.4 Å². The molecule has 0 saturated carbocycles. The highest BCUT2D eigenvalue weighted by atomic mass is 35.5. The number of carbonyl (C=O) groups excluding carboxylic acids is 1. The van der Waals surface area contributed by atoms with Crippen LogP contribution in [0, 0.1) is 0 Å². The van der Waals surface area contributed by atoms with Gasteiger partial charge in [-0.2, -0.15) is 5.10 Å². The number of rotatable bonds is 5. The predicted octanol–water partition coefficient (Wildman–Crippen LogP) is 1.74. The van der Waals surface area contributed by atoms with E-state index < -0.39 is 0 Å². The molecule has 0 aliphatic carbocycles. The van der Waals surface area contributed by atoms with E-state index in [0.29, 0.717) is 17.3 Å². The fraction of sp³-hybridized carbons (Fsp3) is 0.600. The van der Waals surface area contributed by atoms with E-state index in [9.17, 15) is 4.79 Å². The fourth-order valence-electron chi connectivity index (χ4n) is 1.32. The van der Waals surface area contributed by atoms with Crippen molar-refractivity contribution in [2.45, 2.75) is 32.9 Å². The van der Waals surface area contributed by atoms with Crippen LogP contribution in [0.5, 0.6) is 0 Å². The summed E-state index contributed by atoms with van der Waals surface area (Å²) in [6.45, 7) is 4.55. The van der Waals surface area contributed by atoms with Gasteiger partial charge in [-0.25, -0.2) is 0 Å². The molecule has 84 valence electrons. The van der Waals surface area contributed by atoms with E-state index in [1.54, 1.807) is 11.7 Å². The number of halogens is 1. The van der Waals surface area contributed by atoms with Crippen molar-refractivity contribution in [2.75, 3.05) is 7.05 Å². The Morgan fingerprint density at radius 2 is 2.40 bits per heavy atom. The van der Waals surface area contributed by atoms with E-state index in [1.165, 1.54) is 6.20 Å². The van der Waals surface area contributed by atoms with Crippen LogP contribution in [0.4, 0.5) is 0 Å². The largest absolute Gasteiger partial charge is 0.310 e. The zero-order valence-corrected chi connectivity index (χ0v) is 10.0. The van der Waals surface area contributed by atoms with Gasteiger partial charge in [0.2, 0.25) is 0 Å². The first-order valence-corrected chi connectivity index (χ1v) is 5.42. The summed E-state index contributed by atoms with van der Waals surface area (Å²) in [4.78, 5) is 11.9. The van der Waals surface area contributed by atoms with E-state index in [2.05, 4.69) is 10.4 Å². The molecule has 15 heavy (non-hydrogen) atoms. The smallest absolute Gasteiger partial charge is 0.198 e. The van der Waals surface area contributed by atoms with Crippen molar-refractivity contribution in [3.63, 3.8) is 0 Å². The highest BCUT2D eigenvalue weighted by Crippen LogP contribution is 2.17. The van der Waals surface area contributed by atoms with E-state index in [4.69, 9.17) is 11.6 Å². The van der Waals surface area contributed by atoms with Gasteiger partial charge in [0, 0.05) is 6.54 Å². The first-order chi connectivity index (χ1) is 7.11. The number of Topliss-reactive ketones (excluding diaryl/α,β-unsaturated/α-hetero) is 1. The summed E-state index contributed by atoms with van der Waals surface area (Å²) < 4.78 is 1.67. The number of nitrogens with one attached hydrogen (secondary N) is 1. The summed E-state index contributed by atoms with van der Waals surface area (Å²) in [5.74, 6) is -0.0200. The summed E-state index contributed by atoms with van der Waals surface area (Å²) in [5, 5.41) is 7.41. The fourth-order valence-corrected chi connectivity index (χ4v) is 1.56. The average Bonchev–Trinajstić information content (AvgIpc) is 2.58. The van der Waals surface area contributed by atoms with Crippen LogP contribution in [-0.2, 0) is 6.54 Å². The standard InChI is InChI=1S/C10H16ClN3O/c1-4-5-14-9(8(11)6-13-14)10(15)7(2)12-3/h6-7,12H,4-5H2,1-3H3. The lowest BCUT2D eigenvalue weighted by molar-refractivity contribution is 0.0944. The zero-order chi connectivity index (χ0) is 11.4. The van der Waals surface area contributed by atoms with Gasteiger partial charge in [0.1, 0.15) is 5.69 Å². The van der Waals surface area contributed by atoms with Gasteiger partial charge < -0.3 is 5.32 Å². The number of ketones is 1. The van der Waals surface area contributed by atoms with Crippen molar-refractivity contribution in [3.05, 3.63) is 16.9 Å². The zero-order valence-electron chi connectivity index (χ0n) is 9.25. The Kier molecular flexibility index (Phi) is 4.29. The number of aryl methyl sites for hydroxylation is 1. The third kappa shape index (κ3) is 2.58. The quantitative estimate of drug-likeness (QED) is 0.783. The molecule has 1 aromatic rings. The molecule has 5 heteroatoms. The van der Waals surface area contributed by atoms with Crippen LogP contribution < -0.4 is 5.32 Å². The molecule has 0 aliphatic rings. The van der Waals surface area contributed by atoms with Gasteiger partial charge >= 0.3 is 0 Å². The Morgan fingerprint density at radius 3 is 2.93 bits per heavy atom. The molecule has 0 radical (unpaired) electrons. The molecule has 0 fully saturated rings. The SMILES string of the molecule is CCCn1ncc(Cl)c1C(=O)C(C)NC. The van der Waals surface area contributed by atoms with Gasteiger partial charge in [0.15, 0.2) is 5.78 Å². The molecular formula is C10H16ClN3O. The van der Waals surface area contributed by atoms with Crippen LogP contribution >= 0.6 is 11.6 Å². The Bertz CT molecular complexity index is 348. The summed E-state index contributed by atoms with van der Waals surface area (Å²) in [7, 11) is 1.75. The molecule has 0 spiro atoms. The van der Waals surface area contributed by atoms with E-state index in [0.717, 1.165) is 6.42 Å². The van der Waals surface area contributed by atoms with Crippen LogP contribution in [0.25, 0.3) is 0 Å². The van der Waals surface area contributed by atoms with Crippen LogP contribution in [0.2, 0.25) is 5.02 Å². The Labute approximate surface area is 94.6 Å². The van der Waals surface area contributed by atoms with Crippen molar-refractivity contribution in [2.24, 2.45) is 0 Å². The molecule has 0 amide bonds. The highest BCUT2D eigenvalue weighted by Gasteiger charge is 2.21. The normalized spacial score (nSPS) is 12.8. The van der Waals surface area contributed by atoms with Gasteiger partial charge in [-0.3, -0.25) is 9.48 Å². The summed E-state index contributed by atoms with van der Waals surface area (Å²) in [6, 6.07) is -0.241. The number of hydrogen-bond acceptors (Lipinski definition) is 3. The van der Waals surface area contributed by atoms with E-state index in [-0.39, 0.29) is 11.8 Å². The number of likely N-dealkylation sites (N-methyl/N-ethyl adjacent to an activating group) is 1. The number of hydrogen-bond donors (Lipinski definition) is 1. The second-order valence-electron chi connectivity index (χ2n) is 3.44. The molecular weight excluding hydrogens is 214 g/mol. The maximum atomic E-state index is 11.9. The van der Waals surface area contributed by atoms with Crippen molar-refractivity contribution < 1.29 is 4.79 Å². The maximum Gasteiger partial charge on any atom is 0.198 e. The Morgan fingerprint density at radius 1 is 1.73 bits per heavy atom. The van der Waals surface area contributed by atoms with E-state index in [1.807, 2.05) is 13.8 Å². The third-order valence-corrected chi connectivity index (χ3v) is 2.57. The topological polar surface area (TPSA) is 46.9 Å². The predicted molar refractivity (Wildman–Crippen MR) is 60.4 cm³/mol. The van der Waals surface area contributed by atoms with Gasteiger partial charge in [-0.1, -0.05) is 18.5 Å². The second-order valence-corrected chi connectivity index (χ2v) is 3.85. The van der Waals surface area contributed by atoms with Crippen molar-refractivity contribution in [3.8, 4) is 0 Å². The maximum absolute atomic E-state index is 11.9. The lowest BCUT2D eigenvalue weighted by Gasteiger charge is -2.11. The van der Waals surface area contributed by atoms with Crippen molar-refractivity contribution in [1.82, 2.24) is 15.1 Å². The minimum absolute atomic E-state index is 0.0200. The van der Waals surface area contributed by atoms with Crippen molar-refractivity contribution >= 4 is 17.4 Å². The minimum atomic E-state index is -0.241. The lowest BCUT2D eigenvalue weighted by Crippen LogP contribution is -2.32. The Balaban J connectivity index is 3.00. The first-order valence-electron chi connectivity index (χ1n) is 5.04. The molecule has 0 saturated heterocycles. The summed E-state index contributed by atoms with van der Waals surface area (Å²) in [5.41, 5.74) is 0.500. The van der Waals surface area contributed by atoms with E-state index >= 15 is 0 Å². The number of carbonyl (C=O) groups is 1. The summed E-state index contributed by atoms with van der Waals surface area (Å²) >= 11 is 5.94. The molecule has 0 aromatic carbocycles. The molecule has 0 bridgehead atoms. The van der Waals surface area contributed by atoms with Crippen molar-refractivity contribution in [1.29, 1.82) is 0 Å². The monoisotopic (exact) mass is 229 g/mol. The minimum Gasteiger partial charge on any atom is -0.310 e. The highest BCUT2D eigenvalue weighted by molar-refractivity contribution is 6.33. The molecule has 0 aliphatic heterocycles. The summed E-state index contributed by atoms with van der Waals surface area (Å²) in [6.07, 6.45) is 2.44. The Hall–Kier alpha value is -0.870. The molecule has 1 N–H and O–H groups in total.